The monoisotopic (exact) mass is 250 g/mol. The molecule has 2 rings (SSSR count). The van der Waals surface area contributed by atoms with Crippen molar-refractivity contribution in [2.24, 2.45) is 5.92 Å². The highest BCUT2D eigenvalue weighted by Crippen LogP contribution is 2.12. The maximum atomic E-state index is 11.9. The number of aromatic nitrogens is 2. The number of H-pyrrole nitrogens is 1. The predicted octanol–water partition coefficient (Wildman–Crippen LogP) is 1.26. The molecule has 5 heteroatoms. The van der Waals surface area contributed by atoms with E-state index >= 15 is 0 Å². The Bertz CT molecular complexity index is 393. The van der Waals surface area contributed by atoms with Gasteiger partial charge < -0.3 is 10.6 Å². The number of carbonyl (C=O) groups is 1. The summed E-state index contributed by atoms with van der Waals surface area (Å²) in [4.78, 5) is 11.9. The first kappa shape index (κ1) is 13.1. The number of aromatic amines is 1. The number of carbonyl (C=O) groups excluding carboxylic acids is 1. The van der Waals surface area contributed by atoms with Crippen LogP contribution in [-0.2, 0) is 0 Å². The molecule has 1 aliphatic rings. The first-order valence-corrected chi connectivity index (χ1v) is 6.71. The van der Waals surface area contributed by atoms with Crippen LogP contribution >= 0.6 is 0 Å². The number of hydrogen-bond donors (Lipinski definition) is 3. The minimum Gasteiger partial charge on any atom is -0.350 e. The van der Waals surface area contributed by atoms with Gasteiger partial charge >= 0.3 is 0 Å². The molecule has 1 aromatic rings. The topological polar surface area (TPSA) is 69.8 Å². The summed E-state index contributed by atoms with van der Waals surface area (Å²) in [6.45, 7) is 6.97. The second-order valence-corrected chi connectivity index (χ2v) is 5.29. The van der Waals surface area contributed by atoms with Gasteiger partial charge in [-0.25, -0.2) is 0 Å². The molecular weight excluding hydrogens is 228 g/mol. The van der Waals surface area contributed by atoms with Crippen molar-refractivity contribution in [2.75, 3.05) is 19.6 Å². The van der Waals surface area contributed by atoms with Crippen molar-refractivity contribution in [3.63, 3.8) is 0 Å². The van der Waals surface area contributed by atoms with Crippen LogP contribution in [0.3, 0.4) is 0 Å². The summed E-state index contributed by atoms with van der Waals surface area (Å²) in [6.07, 6.45) is 2.38. The largest absolute Gasteiger partial charge is 0.350 e. The molecule has 1 saturated heterocycles. The summed E-state index contributed by atoms with van der Waals surface area (Å²) < 4.78 is 0. The van der Waals surface area contributed by atoms with E-state index in [9.17, 15) is 4.79 Å². The number of hydrogen-bond acceptors (Lipinski definition) is 3. The maximum Gasteiger partial charge on any atom is 0.271 e. The van der Waals surface area contributed by atoms with Gasteiger partial charge in [0.05, 0.1) is 0 Å². The Hall–Kier alpha value is -1.36. The lowest BCUT2D eigenvalue weighted by molar-refractivity contribution is 0.0940. The average Bonchev–Trinajstić information content (AvgIpc) is 2.87. The smallest absolute Gasteiger partial charge is 0.271 e. The molecule has 0 spiro atoms. The van der Waals surface area contributed by atoms with E-state index in [1.165, 1.54) is 12.8 Å². The van der Waals surface area contributed by atoms with Crippen LogP contribution in [-0.4, -0.2) is 35.7 Å². The van der Waals surface area contributed by atoms with Crippen LogP contribution in [0, 0.1) is 5.92 Å². The van der Waals surface area contributed by atoms with Crippen molar-refractivity contribution in [1.29, 1.82) is 0 Å². The molecule has 1 aromatic heterocycles. The summed E-state index contributed by atoms with van der Waals surface area (Å²) in [7, 11) is 0. The van der Waals surface area contributed by atoms with Crippen LogP contribution < -0.4 is 10.6 Å². The molecule has 1 aliphatic heterocycles. The standard InChI is InChI=1S/C13H22N4O/c1-9(2)11-6-12(17-16-11)13(18)15-8-10-4-3-5-14-7-10/h6,9-10,14H,3-5,7-8H2,1-2H3,(H,15,18)(H,16,17). The molecule has 1 atom stereocenters. The van der Waals surface area contributed by atoms with Gasteiger partial charge in [-0.15, -0.1) is 0 Å². The first-order valence-electron chi connectivity index (χ1n) is 6.71. The van der Waals surface area contributed by atoms with Gasteiger partial charge in [-0.2, -0.15) is 5.10 Å². The van der Waals surface area contributed by atoms with E-state index < -0.39 is 0 Å². The number of piperidine rings is 1. The second kappa shape index (κ2) is 6.00. The third-order valence-corrected chi connectivity index (χ3v) is 3.40. The van der Waals surface area contributed by atoms with Crippen LogP contribution in [0.15, 0.2) is 6.07 Å². The molecule has 1 amide bonds. The average molecular weight is 250 g/mol. The van der Waals surface area contributed by atoms with E-state index in [1.54, 1.807) is 0 Å². The Balaban J connectivity index is 1.83. The molecule has 2 heterocycles. The SMILES string of the molecule is CC(C)c1cc(C(=O)NCC2CCCNC2)n[nH]1. The van der Waals surface area contributed by atoms with Crippen molar-refractivity contribution in [1.82, 2.24) is 20.8 Å². The molecule has 1 unspecified atom stereocenters. The lowest BCUT2D eigenvalue weighted by Gasteiger charge is -2.22. The van der Waals surface area contributed by atoms with Crippen molar-refractivity contribution in [3.8, 4) is 0 Å². The van der Waals surface area contributed by atoms with Crippen molar-refractivity contribution in [3.05, 3.63) is 17.5 Å². The van der Waals surface area contributed by atoms with Gasteiger partial charge in [0.1, 0.15) is 5.69 Å². The second-order valence-electron chi connectivity index (χ2n) is 5.29. The summed E-state index contributed by atoms with van der Waals surface area (Å²) in [5.41, 5.74) is 1.49. The van der Waals surface area contributed by atoms with Gasteiger partial charge in [-0.05, 0) is 43.8 Å². The lowest BCUT2D eigenvalue weighted by atomic mass is 10.00. The molecule has 0 aliphatic carbocycles. The van der Waals surface area contributed by atoms with Gasteiger partial charge in [-0.3, -0.25) is 9.89 Å². The molecule has 5 nitrogen and oxygen atoms in total. The minimum absolute atomic E-state index is 0.0799. The lowest BCUT2D eigenvalue weighted by Crippen LogP contribution is -2.38. The van der Waals surface area contributed by atoms with E-state index in [0.717, 1.165) is 25.3 Å². The molecule has 0 saturated carbocycles. The fourth-order valence-corrected chi connectivity index (χ4v) is 2.17. The highest BCUT2D eigenvalue weighted by molar-refractivity contribution is 5.92. The van der Waals surface area contributed by atoms with Crippen LogP contribution in [0.4, 0.5) is 0 Å². The third kappa shape index (κ3) is 3.32. The predicted molar refractivity (Wildman–Crippen MR) is 70.6 cm³/mol. The van der Waals surface area contributed by atoms with E-state index in [-0.39, 0.29) is 5.91 Å². The highest BCUT2D eigenvalue weighted by atomic mass is 16.1. The van der Waals surface area contributed by atoms with Gasteiger partial charge in [0.15, 0.2) is 0 Å². The van der Waals surface area contributed by atoms with E-state index in [1.807, 2.05) is 6.07 Å². The van der Waals surface area contributed by atoms with E-state index in [2.05, 4.69) is 34.7 Å². The Morgan fingerprint density at radius 1 is 1.61 bits per heavy atom. The quantitative estimate of drug-likeness (QED) is 0.753. The van der Waals surface area contributed by atoms with Crippen molar-refractivity contribution < 1.29 is 4.79 Å². The van der Waals surface area contributed by atoms with Gasteiger partial charge in [0.2, 0.25) is 0 Å². The Labute approximate surface area is 108 Å². The number of rotatable bonds is 4. The maximum absolute atomic E-state index is 11.9. The minimum atomic E-state index is -0.0799. The number of amides is 1. The zero-order chi connectivity index (χ0) is 13.0. The van der Waals surface area contributed by atoms with Crippen LogP contribution in [0.5, 0.6) is 0 Å². The van der Waals surface area contributed by atoms with Crippen molar-refractivity contribution >= 4 is 5.91 Å². The third-order valence-electron chi connectivity index (χ3n) is 3.40. The molecule has 100 valence electrons. The summed E-state index contributed by atoms with van der Waals surface area (Å²) >= 11 is 0. The number of nitrogens with zero attached hydrogens (tertiary/aromatic N) is 1. The fraction of sp³-hybridized carbons (Fsp3) is 0.692. The summed E-state index contributed by atoms with van der Waals surface area (Å²) in [5, 5.41) is 13.3. The van der Waals surface area contributed by atoms with E-state index in [0.29, 0.717) is 17.5 Å². The molecule has 0 bridgehead atoms. The summed E-state index contributed by atoms with van der Waals surface area (Å²) in [5.74, 6) is 0.830. The molecule has 1 fully saturated rings. The Kier molecular flexibility index (Phi) is 4.36. The molecule has 0 aromatic carbocycles. The van der Waals surface area contributed by atoms with Gasteiger partial charge in [-0.1, -0.05) is 13.8 Å². The van der Waals surface area contributed by atoms with Gasteiger partial charge in [0.25, 0.3) is 5.91 Å². The van der Waals surface area contributed by atoms with Crippen LogP contribution in [0.1, 0.15) is 48.8 Å². The van der Waals surface area contributed by atoms with Crippen molar-refractivity contribution in [2.45, 2.75) is 32.6 Å². The van der Waals surface area contributed by atoms with E-state index in [4.69, 9.17) is 0 Å². The first-order chi connectivity index (χ1) is 8.66. The fourth-order valence-electron chi connectivity index (χ4n) is 2.17. The number of nitrogens with one attached hydrogen (secondary N) is 3. The normalized spacial score (nSPS) is 20.1. The van der Waals surface area contributed by atoms with Gasteiger partial charge in [0, 0.05) is 12.2 Å². The molecular formula is C13H22N4O. The zero-order valence-corrected chi connectivity index (χ0v) is 11.1. The molecule has 18 heavy (non-hydrogen) atoms. The van der Waals surface area contributed by atoms with Crippen LogP contribution in [0.2, 0.25) is 0 Å². The molecule has 3 N–H and O–H groups in total. The van der Waals surface area contributed by atoms with Crippen LogP contribution in [0.25, 0.3) is 0 Å². The highest BCUT2D eigenvalue weighted by Gasteiger charge is 2.16. The molecule has 0 radical (unpaired) electrons. The summed E-state index contributed by atoms with van der Waals surface area (Å²) in [6, 6.07) is 1.83. The Morgan fingerprint density at radius 2 is 2.44 bits per heavy atom. The zero-order valence-electron chi connectivity index (χ0n) is 11.1. The Morgan fingerprint density at radius 3 is 3.06 bits per heavy atom.